The van der Waals surface area contributed by atoms with E-state index in [9.17, 15) is 0 Å². The first-order valence-corrected chi connectivity index (χ1v) is 25.5. The molecule has 2 heteroatoms. The monoisotopic (exact) mass is 894 g/mol. The second-order valence-electron chi connectivity index (χ2n) is 20.8. The summed E-state index contributed by atoms with van der Waals surface area (Å²) in [4.78, 5) is 10.4. The van der Waals surface area contributed by atoms with Crippen LogP contribution in [0.1, 0.15) is 43.2 Å². The molecule has 332 valence electrons. The lowest BCUT2D eigenvalue weighted by Crippen LogP contribution is -2.55. The lowest BCUT2D eigenvalue weighted by atomic mass is 9.43. The lowest BCUT2D eigenvalue weighted by Gasteiger charge is -2.61. The Balaban J connectivity index is 0.885. The van der Waals surface area contributed by atoms with Gasteiger partial charge in [-0.1, -0.05) is 200 Å². The fourth-order valence-corrected chi connectivity index (χ4v) is 14.6. The van der Waals surface area contributed by atoms with Crippen LogP contribution in [0.2, 0.25) is 0 Å². The van der Waals surface area contributed by atoms with E-state index in [0.29, 0.717) is 17.7 Å². The van der Waals surface area contributed by atoms with Crippen LogP contribution < -0.4 is 0 Å². The van der Waals surface area contributed by atoms with Crippen molar-refractivity contribution in [2.75, 3.05) is 0 Å². The number of hydrogen-bond acceptors (Lipinski definition) is 2. The summed E-state index contributed by atoms with van der Waals surface area (Å²) in [7, 11) is 0. The average Bonchev–Trinajstić information content (AvgIpc) is 3.71. The third-order valence-electron chi connectivity index (χ3n) is 17.3. The molecule has 1 heterocycles. The van der Waals surface area contributed by atoms with Crippen molar-refractivity contribution in [1.82, 2.24) is 9.97 Å². The number of benzene rings is 10. The first kappa shape index (κ1) is 40.0. The minimum Gasteiger partial charge on any atom is -0.228 e. The Kier molecular flexibility index (Phi) is 8.88. The van der Waals surface area contributed by atoms with Gasteiger partial charge in [-0.3, -0.25) is 0 Å². The average molecular weight is 895 g/mol. The minimum absolute atomic E-state index is 0.0741. The number of fused-ring (bicyclic) bond motifs is 6. The molecule has 0 amide bonds. The molecule has 0 radical (unpaired) electrons. The number of aromatic nitrogens is 2. The van der Waals surface area contributed by atoms with E-state index in [1.54, 1.807) is 11.1 Å². The summed E-state index contributed by atoms with van der Waals surface area (Å²) in [6.45, 7) is 0. The van der Waals surface area contributed by atoms with Crippen molar-refractivity contribution in [2.45, 2.75) is 37.5 Å². The predicted octanol–water partition coefficient (Wildman–Crippen LogP) is 17.7. The number of hydrogen-bond donors (Lipinski definition) is 0. The summed E-state index contributed by atoms with van der Waals surface area (Å²) in [5.41, 5.74) is 18.7. The summed E-state index contributed by atoms with van der Waals surface area (Å²) < 4.78 is 0. The SMILES string of the molecule is c1ccc(-c2ccc(-c3cc(-c4ccc(-c5c6ccccc6c(-c6cccc7c6-c6cc8ccccc8cc6C76C7CC8CC(C7)CC6C8)c6ccccc56)cc4)nc(-c4ccccc4)n3)cc2)cc1. The fourth-order valence-electron chi connectivity index (χ4n) is 14.6. The zero-order chi connectivity index (χ0) is 45.9. The topological polar surface area (TPSA) is 25.8 Å². The van der Waals surface area contributed by atoms with E-state index in [2.05, 4.69) is 212 Å². The molecule has 0 aliphatic heterocycles. The zero-order valence-electron chi connectivity index (χ0n) is 39.0. The Labute approximate surface area is 409 Å². The molecule has 4 bridgehead atoms. The van der Waals surface area contributed by atoms with E-state index in [0.717, 1.165) is 39.9 Å². The van der Waals surface area contributed by atoms with E-state index in [4.69, 9.17) is 9.97 Å². The van der Waals surface area contributed by atoms with Crippen LogP contribution in [0.3, 0.4) is 0 Å². The van der Waals surface area contributed by atoms with Gasteiger partial charge in [0, 0.05) is 22.1 Å². The van der Waals surface area contributed by atoms with E-state index >= 15 is 0 Å². The Morgan fingerprint density at radius 1 is 0.314 bits per heavy atom. The summed E-state index contributed by atoms with van der Waals surface area (Å²) in [5, 5.41) is 7.86. The Morgan fingerprint density at radius 2 is 0.786 bits per heavy atom. The highest BCUT2D eigenvalue weighted by Crippen LogP contribution is 2.70. The van der Waals surface area contributed by atoms with Gasteiger partial charge in [-0.05, 0) is 162 Å². The van der Waals surface area contributed by atoms with Gasteiger partial charge >= 0.3 is 0 Å². The maximum absolute atomic E-state index is 5.22. The van der Waals surface area contributed by atoms with Gasteiger partial charge in [0.2, 0.25) is 0 Å². The molecule has 70 heavy (non-hydrogen) atoms. The van der Waals surface area contributed by atoms with Crippen LogP contribution in [-0.4, -0.2) is 9.97 Å². The van der Waals surface area contributed by atoms with E-state index in [1.165, 1.54) is 109 Å². The first-order chi connectivity index (χ1) is 34.7. The number of nitrogens with zero attached hydrogens (tertiary/aromatic N) is 2. The molecule has 5 aliphatic carbocycles. The van der Waals surface area contributed by atoms with E-state index in [1.807, 2.05) is 6.07 Å². The number of rotatable bonds is 6. The van der Waals surface area contributed by atoms with Gasteiger partial charge in [-0.25, -0.2) is 9.97 Å². The third kappa shape index (κ3) is 5.99. The molecule has 11 aromatic rings. The molecule has 4 fully saturated rings. The maximum Gasteiger partial charge on any atom is 0.160 e. The quantitative estimate of drug-likeness (QED) is 0.155. The second-order valence-corrected chi connectivity index (χ2v) is 20.8. The van der Waals surface area contributed by atoms with Gasteiger partial charge in [-0.15, -0.1) is 0 Å². The van der Waals surface area contributed by atoms with Crippen molar-refractivity contribution in [3.8, 4) is 78.4 Å². The molecule has 2 nitrogen and oxygen atoms in total. The van der Waals surface area contributed by atoms with Crippen LogP contribution >= 0.6 is 0 Å². The lowest BCUT2D eigenvalue weighted by molar-refractivity contribution is -0.0398. The van der Waals surface area contributed by atoms with Gasteiger partial charge in [0.15, 0.2) is 5.82 Å². The predicted molar refractivity (Wildman–Crippen MR) is 290 cm³/mol. The summed E-state index contributed by atoms with van der Waals surface area (Å²) in [6, 6.07) is 81.0. The van der Waals surface area contributed by atoms with Gasteiger partial charge < -0.3 is 0 Å². The highest BCUT2D eigenvalue weighted by Gasteiger charge is 2.62. The van der Waals surface area contributed by atoms with Crippen LogP contribution in [0.25, 0.3) is 111 Å². The Hall–Kier alpha value is -7.94. The van der Waals surface area contributed by atoms with Crippen LogP contribution in [-0.2, 0) is 5.41 Å². The third-order valence-corrected chi connectivity index (χ3v) is 17.3. The van der Waals surface area contributed by atoms with Gasteiger partial charge in [0.05, 0.1) is 11.4 Å². The molecule has 5 aliphatic rings. The Bertz CT molecular complexity index is 3780. The zero-order valence-corrected chi connectivity index (χ0v) is 39.0. The van der Waals surface area contributed by atoms with Crippen LogP contribution in [0.15, 0.2) is 218 Å². The summed E-state index contributed by atoms with van der Waals surface area (Å²) in [6.07, 6.45) is 6.94. The van der Waals surface area contributed by atoms with E-state index in [-0.39, 0.29) is 5.41 Å². The largest absolute Gasteiger partial charge is 0.228 e. The maximum atomic E-state index is 5.22. The van der Waals surface area contributed by atoms with Gasteiger partial charge in [0.25, 0.3) is 0 Å². The van der Waals surface area contributed by atoms with Crippen LogP contribution in [0.5, 0.6) is 0 Å². The molecule has 1 spiro atoms. The van der Waals surface area contributed by atoms with Crippen molar-refractivity contribution >= 4 is 32.3 Å². The van der Waals surface area contributed by atoms with Crippen LogP contribution in [0, 0.1) is 23.7 Å². The molecular weight excluding hydrogens is 845 g/mol. The van der Waals surface area contributed by atoms with Gasteiger partial charge in [-0.2, -0.15) is 0 Å². The minimum atomic E-state index is 0.0741. The highest BCUT2D eigenvalue weighted by molar-refractivity contribution is 6.23. The molecule has 0 N–H and O–H groups in total. The molecule has 0 atom stereocenters. The standard InChI is InChI=1S/C68H50N2/c1-3-14-44(15-4-1)45-26-28-46(29-27-45)62-41-63(70-67(69-62)49-16-5-2-6-17-49)47-30-32-48(33-31-47)64-54-20-9-11-22-56(54)65(57-23-12-10-21-55(57)64)58-24-13-25-60-66(58)59-39-50-18-7-8-19-51(50)40-61(59)68(60)52-35-42-34-43(37-52)38-53(68)36-42/h1-33,39-43,52-53H,34-38H2. The second kappa shape index (κ2) is 15.5. The van der Waals surface area contributed by atoms with Crippen molar-refractivity contribution in [2.24, 2.45) is 23.7 Å². The first-order valence-electron chi connectivity index (χ1n) is 25.5. The molecule has 10 aromatic carbocycles. The smallest absolute Gasteiger partial charge is 0.160 e. The van der Waals surface area contributed by atoms with E-state index < -0.39 is 0 Å². The molecular formula is C68H50N2. The Morgan fingerprint density at radius 3 is 1.37 bits per heavy atom. The highest BCUT2D eigenvalue weighted by atomic mass is 14.9. The van der Waals surface area contributed by atoms with Crippen LogP contribution in [0.4, 0.5) is 0 Å². The van der Waals surface area contributed by atoms with Gasteiger partial charge in [0.1, 0.15) is 0 Å². The van der Waals surface area contributed by atoms with Crippen molar-refractivity contribution in [3.63, 3.8) is 0 Å². The van der Waals surface area contributed by atoms with Crippen molar-refractivity contribution < 1.29 is 0 Å². The summed E-state index contributed by atoms with van der Waals surface area (Å²) >= 11 is 0. The normalized spacial score (nSPS) is 20.6. The molecule has 16 rings (SSSR count). The molecule has 1 aromatic heterocycles. The van der Waals surface area contributed by atoms with Crippen molar-refractivity contribution in [3.05, 3.63) is 230 Å². The fraction of sp³-hybridized carbons (Fsp3) is 0.147. The molecule has 4 saturated carbocycles. The molecule has 0 saturated heterocycles. The molecule has 0 unspecified atom stereocenters. The van der Waals surface area contributed by atoms with Crippen molar-refractivity contribution in [1.29, 1.82) is 0 Å². The summed E-state index contributed by atoms with van der Waals surface area (Å²) in [5.74, 6) is 3.91.